The number of ether oxygens (including phenoxy) is 1. The van der Waals surface area contributed by atoms with E-state index < -0.39 is 0 Å². The van der Waals surface area contributed by atoms with Crippen molar-refractivity contribution in [3.8, 4) is 0 Å². The number of rotatable bonds is 5. The lowest BCUT2D eigenvalue weighted by Gasteiger charge is -2.07. The highest BCUT2D eigenvalue weighted by molar-refractivity contribution is 5.93. The molecule has 5 heteroatoms. The zero-order chi connectivity index (χ0) is 12.7. The summed E-state index contributed by atoms with van der Waals surface area (Å²) < 4.78 is 4.73. The van der Waals surface area contributed by atoms with Gasteiger partial charge in [-0.25, -0.2) is 0 Å². The Balaban J connectivity index is 2.40. The van der Waals surface area contributed by atoms with Crippen molar-refractivity contribution in [2.75, 3.05) is 11.9 Å². The van der Waals surface area contributed by atoms with Crippen molar-refractivity contribution in [3.05, 3.63) is 24.0 Å². The van der Waals surface area contributed by atoms with E-state index in [4.69, 9.17) is 4.74 Å². The molecular formula is C12H16N2O3. The van der Waals surface area contributed by atoms with Crippen LogP contribution in [-0.2, 0) is 14.3 Å². The Bertz CT molecular complexity index is 404. The molecule has 0 fully saturated rings. The number of amides is 1. The Morgan fingerprint density at radius 2 is 2.18 bits per heavy atom. The van der Waals surface area contributed by atoms with Gasteiger partial charge in [0, 0.05) is 12.6 Å². The summed E-state index contributed by atoms with van der Waals surface area (Å²) in [7, 11) is 0. The van der Waals surface area contributed by atoms with Crippen LogP contribution in [0.1, 0.15) is 25.3 Å². The third kappa shape index (κ3) is 4.63. The smallest absolute Gasteiger partial charge is 0.306 e. The molecule has 92 valence electrons. The number of anilines is 1. The van der Waals surface area contributed by atoms with E-state index in [1.807, 2.05) is 6.92 Å². The maximum Gasteiger partial charge on any atom is 0.306 e. The van der Waals surface area contributed by atoms with Crippen molar-refractivity contribution in [2.45, 2.75) is 26.7 Å². The predicted octanol–water partition coefficient (Wildman–Crippen LogP) is 1.67. The summed E-state index contributed by atoms with van der Waals surface area (Å²) in [5, 5.41) is 2.70. The lowest BCUT2D eigenvalue weighted by atomic mass is 10.2. The molecule has 0 atom stereocenters. The number of aromatic nitrogens is 1. The summed E-state index contributed by atoms with van der Waals surface area (Å²) in [6, 6.07) is 1.81. The van der Waals surface area contributed by atoms with Gasteiger partial charge in [-0.15, -0.1) is 0 Å². The van der Waals surface area contributed by atoms with Gasteiger partial charge < -0.3 is 10.1 Å². The van der Waals surface area contributed by atoms with E-state index >= 15 is 0 Å². The van der Waals surface area contributed by atoms with Crippen molar-refractivity contribution in [3.63, 3.8) is 0 Å². The number of aryl methyl sites for hydroxylation is 1. The standard InChI is InChI=1S/C12H16N2O3/c1-3-17-12(16)5-4-11(15)14-10-8-13-7-6-9(10)2/h6-8H,3-5H2,1-2H3,(H,14,15). The lowest BCUT2D eigenvalue weighted by molar-refractivity contribution is -0.144. The number of hydrogen-bond donors (Lipinski definition) is 1. The second kappa shape index (κ2) is 6.62. The van der Waals surface area contributed by atoms with Crippen molar-refractivity contribution < 1.29 is 14.3 Å². The third-order valence-corrected chi connectivity index (χ3v) is 2.17. The average Bonchev–Trinajstić information content (AvgIpc) is 2.30. The minimum Gasteiger partial charge on any atom is -0.466 e. The molecule has 0 bridgehead atoms. The summed E-state index contributed by atoms with van der Waals surface area (Å²) >= 11 is 0. The number of nitrogens with one attached hydrogen (secondary N) is 1. The van der Waals surface area contributed by atoms with Gasteiger partial charge in [-0.05, 0) is 25.5 Å². The van der Waals surface area contributed by atoms with E-state index in [0.717, 1.165) is 5.56 Å². The molecule has 0 unspecified atom stereocenters. The van der Waals surface area contributed by atoms with Crippen LogP contribution in [0.15, 0.2) is 18.5 Å². The summed E-state index contributed by atoms with van der Waals surface area (Å²) in [4.78, 5) is 26.5. The first-order chi connectivity index (χ1) is 8.13. The molecule has 1 aromatic rings. The molecule has 1 N–H and O–H groups in total. The molecule has 17 heavy (non-hydrogen) atoms. The minimum absolute atomic E-state index is 0.0962. The van der Waals surface area contributed by atoms with Crippen LogP contribution >= 0.6 is 0 Å². The van der Waals surface area contributed by atoms with Crippen LogP contribution < -0.4 is 5.32 Å². The summed E-state index contributed by atoms with van der Waals surface area (Å²) in [5.74, 6) is -0.570. The van der Waals surface area contributed by atoms with Crippen LogP contribution in [0.3, 0.4) is 0 Å². The molecule has 0 saturated carbocycles. The van der Waals surface area contributed by atoms with Crippen molar-refractivity contribution in [1.82, 2.24) is 4.98 Å². The van der Waals surface area contributed by atoms with Crippen LogP contribution in [-0.4, -0.2) is 23.5 Å². The van der Waals surface area contributed by atoms with Gasteiger partial charge in [-0.3, -0.25) is 14.6 Å². The first-order valence-electron chi connectivity index (χ1n) is 5.49. The first-order valence-corrected chi connectivity index (χ1v) is 5.49. The van der Waals surface area contributed by atoms with Crippen molar-refractivity contribution >= 4 is 17.6 Å². The number of carbonyl (C=O) groups is 2. The third-order valence-electron chi connectivity index (χ3n) is 2.17. The van der Waals surface area contributed by atoms with E-state index in [1.165, 1.54) is 0 Å². The van der Waals surface area contributed by atoms with E-state index in [0.29, 0.717) is 12.3 Å². The molecule has 1 rings (SSSR count). The normalized spacial score (nSPS) is 9.76. The zero-order valence-electron chi connectivity index (χ0n) is 10.0. The van der Waals surface area contributed by atoms with E-state index in [1.54, 1.807) is 25.4 Å². The molecule has 0 radical (unpaired) electrons. The topological polar surface area (TPSA) is 68.3 Å². The fourth-order valence-electron chi connectivity index (χ4n) is 1.26. The molecule has 5 nitrogen and oxygen atoms in total. The number of hydrogen-bond acceptors (Lipinski definition) is 4. The van der Waals surface area contributed by atoms with Crippen LogP contribution in [0.25, 0.3) is 0 Å². The molecule has 1 aromatic heterocycles. The Hall–Kier alpha value is -1.91. The highest BCUT2D eigenvalue weighted by Gasteiger charge is 2.08. The molecule has 1 heterocycles. The molecule has 0 aliphatic heterocycles. The first kappa shape index (κ1) is 13.2. The lowest BCUT2D eigenvalue weighted by Crippen LogP contribution is -2.15. The number of esters is 1. The molecule has 0 spiro atoms. The Morgan fingerprint density at radius 1 is 1.41 bits per heavy atom. The molecule has 0 aliphatic carbocycles. The maximum absolute atomic E-state index is 11.5. The van der Waals surface area contributed by atoms with Gasteiger partial charge in [0.25, 0.3) is 0 Å². The summed E-state index contributed by atoms with van der Waals surface area (Å²) in [5.41, 5.74) is 1.60. The van der Waals surface area contributed by atoms with Crippen molar-refractivity contribution in [2.24, 2.45) is 0 Å². The van der Waals surface area contributed by atoms with Gasteiger partial charge in [0.1, 0.15) is 0 Å². The number of pyridine rings is 1. The average molecular weight is 236 g/mol. The summed E-state index contributed by atoms with van der Waals surface area (Å²) in [6.07, 6.45) is 3.45. The zero-order valence-corrected chi connectivity index (χ0v) is 10.0. The largest absolute Gasteiger partial charge is 0.466 e. The SMILES string of the molecule is CCOC(=O)CCC(=O)Nc1cnccc1C. The fourth-order valence-corrected chi connectivity index (χ4v) is 1.26. The molecular weight excluding hydrogens is 220 g/mol. The van der Waals surface area contributed by atoms with Crippen LogP contribution in [0.5, 0.6) is 0 Å². The Kier molecular flexibility index (Phi) is 5.13. The van der Waals surface area contributed by atoms with Gasteiger partial charge in [0.15, 0.2) is 0 Å². The van der Waals surface area contributed by atoms with E-state index in [2.05, 4.69) is 10.3 Å². The predicted molar refractivity (Wildman–Crippen MR) is 63.5 cm³/mol. The maximum atomic E-state index is 11.5. The number of carbonyl (C=O) groups excluding carboxylic acids is 2. The molecule has 0 aromatic carbocycles. The van der Waals surface area contributed by atoms with Gasteiger partial charge >= 0.3 is 5.97 Å². The number of nitrogens with zero attached hydrogens (tertiary/aromatic N) is 1. The second-order valence-electron chi connectivity index (χ2n) is 3.54. The van der Waals surface area contributed by atoms with E-state index in [-0.39, 0.29) is 24.7 Å². The van der Waals surface area contributed by atoms with Crippen LogP contribution in [0, 0.1) is 6.92 Å². The fraction of sp³-hybridized carbons (Fsp3) is 0.417. The molecule has 0 saturated heterocycles. The van der Waals surface area contributed by atoms with Gasteiger partial charge in [0.05, 0.1) is 24.9 Å². The Morgan fingerprint density at radius 3 is 2.82 bits per heavy atom. The minimum atomic E-state index is -0.356. The highest BCUT2D eigenvalue weighted by Crippen LogP contribution is 2.11. The molecule has 0 aliphatic rings. The summed E-state index contributed by atoms with van der Waals surface area (Å²) in [6.45, 7) is 3.95. The highest BCUT2D eigenvalue weighted by atomic mass is 16.5. The Labute approximate surface area is 100 Å². The van der Waals surface area contributed by atoms with Gasteiger partial charge in [-0.2, -0.15) is 0 Å². The molecule has 1 amide bonds. The van der Waals surface area contributed by atoms with Crippen LogP contribution in [0.4, 0.5) is 5.69 Å². The van der Waals surface area contributed by atoms with Crippen molar-refractivity contribution in [1.29, 1.82) is 0 Å². The van der Waals surface area contributed by atoms with Gasteiger partial charge in [0.2, 0.25) is 5.91 Å². The van der Waals surface area contributed by atoms with Gasteiger partial charge in [-0.1, -0.05) is 0 Å². The quantitative estimate of drug-likeness (QED) is 0.789. The second-order valence-corrected chi connectivity index (χ2v) is 3.54. The van der Waals surface area contributed by atoms with Crippen LogP contribution in [0.2, 0.25) is 0 Å². The monoisotopic (exact) mass is 236 g/mol. The van der Waals surface area contributed by atoms with E-state index in [9.17, 15) is 9.59 Å².